The van der Waals surface area contributed by atoms with Crippen molar-refractivity contribution in [2.75, 3.05) is 13.7 Å². The number of aldehydes is 1. The maximum Gasteiger partial charge on any atom is 0.123 e. The van der Waals surface area contributed by atoms with Crippen LogP contribution in [-0.4, -0.2) is 20.0 Å². The van der Waals surface area contributed by atoms with E-state index >= 15 is 0 Å². The highest BCUT2D eigenvalue weighted by Crippen LogP contribution is 2.34. The Bertz CT molecular complexity index is 378. The van der Waals surface area contributed by atoms with E-state index < -0.39 is 0 Å². The van der Waals surface area contributed by atoms with Crippen molar-refractivity contribution >= 4 is 6.29 Å². The standard InChI is InChI=1S/C14H20O3/c1-14(2,3)12-10-11(17-9-5-8-15)6-7-13(12)16-4/h6-8,10H,5,9H2,1-4H3. The molecule has 94 valence electrons. The third kappa shape index (κ3) is 3.77. The Balaban J connectivity index is 2.93. The molecule has 0 fully saturated rings. The number of hydrogen-bond donors (Lipinski definition) is 0. The fourth-order valence-corrected chi connectivity index (χ4v) is 1.59. The molecule has 17 heavy (non-hydrogen) atoms. The Kier molecular flexibility index (Phi) is 4.55. The topological polar surface area (TPSA) is 35.5 Å². The molecule has 0 saturated carbocycles. The zero-order valence-corrected chi connectivity index (χ0v) is 10.9. The summed E-state index contributed by atoms with van der Waals surface area (Å²) in [5.74, 6) is 1.64. The molecule has 0 aromatic heterocycles. The molecule has 0 atom stereocenters. The van der Waals surface area contributed by atoms with Gasteiger partial charge in [0.05, 0.1) is 13.7 Å². The second-order valence-corrected chi connectivity index (χ2v) is 4.92. The quantitative estimate of drug-likeness (QED) is 0.582. The van der Waals surface area contributed by atoms with Crippen LogP contribution in [0, 0.1) is 0 Å². The average Bonchev–Trinajstić information content (AvgIpc) is 2.28. The van der Waals surface area contributed by atoms with Crippen LogP contribution in [0.4, 0.5) is 0 Å². The molecule has 0 bridgehead atoms. The van der Waals surface area contributed by atoms with E-state index in [0.29, 0.717) is 13.0 Å². The SMILES string of the molecule is COc1ccc(OCCC=O)cc1C(C)(C)C. The summed E-state index contributed by atoms with van der Waals surface area (Å²) in [4.78, 5) is 10.2. The van der Waals surface area contributed by atoms with Gasteiger partial charge >= 0.3 is 0 Å². The van der Waals surface area contributed by atoms with Crippen molar-refractivity contribution in [1.82, 2.24) is 0 Å². The molecule has 0 aliphatic rings. The highest BCUT2D eigenvalue weighted by Gasteiger charge is 2.19. The zero-order chi connectivity index (χ0) is 12.9. The number of benzene rings is 1. The van der Waals surface area contributed by atoms with Gasteiger partial charge < -0.3 is 14.3 Å². The molecule has 0 radical (unpaired) electrons. The van der Waals surface area contributed by atoms with E-state index in [1.807, 2.05) is 18.2 Å². The number of carbonyl (C=O) groups excluding carboxylic acids is 1. The lowest BCUT2D eigenvalue weighted by atomic mass is 9.86. The van der Waals surface area contributed by atoms with Gasteiger partial charge in [-0.25, -0.2) is 0 Å². The Morgan fingerprint density at radius 2 is 2.00 bits per heavy atom. The number of methoxy groups -OCH3 is 1. The van der Waals surface area contributed by atoms with E-state index in [0.717, 1.165) is 23.3 Å². The largest absolute Gasteiger partial charge is 0.496 e. The van der Waals surface area contributed by atoms with Crippen molar-refractivity contribution in [3.63, 3.8) is 0 Å². The summed E-state index contributed by atoms with van der Waals surface area (Å²) in [6, 6.07) is 5.74. The summed E-state index contributed by atoms with van der Waals surface area (Å²) in [6.07, 6.45) is 1.27. The summed E-state index contributed by atoms with van der Waals surface area (Å²) in [7, 11) is 1.66. The predicted octanol–water partition coefficient (Wildman–Crippen LogP) is 2.96. The second-order valence-electron chi connectivity index (χ2n) is 4.92. The molecule has 0 N–H and O–H groups in total. The van der Waals surface area contributed by atoms with Gasteiger partial charge in [0.15, 0.2) is 0 Å². The normalized spacial score (nSPS) is 11.1. The molecule has 0 amide bonds. The molecule has 1 rings (SSSR count). The fourth-order valence-electron chi connectivity index (χ4n) is 1.59. The minimum atomic E-state index is -0.00459. The van der Waals surface area contributed by atoms with Crippen molar-refractivity contribution in [3.05, 3.63) is 23.8 Å². The summed E-state index contributed by atoms with van der Waals surface area (Å²) in [5, 5.41) is 0. The average molecular weight is 236 g/mol. The maximum atomic E-state index is 10.2. The fraction of sp³-hybridized carbons (Fsp3) is 0.500. The van der Waals surface area contributed by atoms with Crippen molar-refractivity contribution in [2.24, 2.45) is 0 Å². The van der Waals surface area contributed by atoms with Gasteiger partial charge in [-0.1, -0.05) is 20.8 Å². The van der Waals surface area contributed by atoms with Crippen LogP contribution in [0.5, 0.6) is 11.5 Å². The van der Waals surface area contributed by atoms with Gasteiger partial charge in [-0.2, -0.15) is 0 Å². The molecule has 3 nitrogen and oxygen atoms in total. The summed E-state index contributed by atoms with van der Waals surface area (Å²) in [5.41, 5.74) is 1.10. The van der Waals surface area contributed by atoms with Crippen molar-refractivity contribution < 1.29 is 14.3 Å². The van der Waals surface area contributed by atoms with Crippen LogP contribution >= 0.6 is 0 Å². The van der Waals surface area contributed by atoms with Gasteiger partial charge in [0, 0.05) is 12.0 Å². The Labute approximate surface area is 103 Å². The first kappa shape index (κ1) is 13.6. The molecule has 0 spiro atoms. The number of carbonyl (C=O) groups is 1. The first-order chi connectivity index (χ1) is 7.99. The van der Waals surface area contributed by atoms with Crippen LogP contribution < -0.4 is 9.47 Å². The number of rotatable bonds is 5. The van der Waals surface area contributed by atoms with Gasteiger partial charge in [0.1, 0.15) is 17.8 Å². The molecule has 0 saturated heterocycles. The molecule has 1 aromatic carbocycles. The van der Waals surface area contributed by atoms with E-state index in [9.17, 15) is 4.79 Å². The molecule has 0 heterocycles. The summed E-state index contributed by atoms with van der Waals surface area (Å²) >= 11 is 0. The van der Waals surface area contributed by atoms with E-state index in [-0.39, 0.29) is 5.41 Å². The molecule has 3 heteroatoms. The summed E-state index contributed by atoms with van der Waals surface area (Å²) in [6.45, 7) is 6.79. The van der Waals surface area contributed by atoms with Crippen LogP contribution in [0.2, 0.25) is 0 Å². The Morgan fingerprint density at radius 3 is 2.53 bits per heavy atom. The van der Waals surface area contributed by atoms with Crippen molar-refractivity contribution in [2.45, 2.75) is 32.6 Å². The number of hydrogen-bond acceptors (Lipinski definition) is 3. The predicted molar refractivity (Wildman–Crippen MR) is 67.9 cm³/mol. The van der Waals surface area contributed by atoms with Crippen LogP contribution in [0.1, 0.15) is 32.8 Å². The van der Waals surface area contributed by atoms with Crippen LogP contribution in [-0.2, 0) is 10.2 Å². The lowest BCUT2D eigenvalue weighted by Crippen LogP contribution is -2.13. The third-order valence-corrected chi connectivity index (χ3v) is 2.48. The molecular weight excluding hydrogens is 216 g/mol. The van der Waals surface area contributed by atoms with E-state index in [4.69, 9.17) is 9.47 Å². The van der Waals surface area contributed by atoms with E-state index in [1.54, 1.807) is 7.11 Å². The minimum absolute atomic E-state index is 0.00459. The maximum absolute atomic E-state index is 10.2. The van der Waals surface area contributed by atoms with E-state index in [2.05, 4.69) is 20.8 Å². The lowest BCUT2D eigenvalue weighted by molar-refractivity contribution is -0.108. The van der Waals surface area contributed by atoms with Crippen molar-refractivity contribution in [3.8, 4) is 11.5 Å². The second kappa shape index (κ2) is 5.71. The molecule has 1 aromatic rings. The molecule has 0 unspecified atom stereocenters. The monoisotopic (exact) mass is 236 g/mol. The van der Waals surface area contributed by atoms with Gasteiger partial charge in [-0.15, -0.1) is 0 Å². The smallest absolute Gasteiger partial charge is 0.123 e. The van der Waals surface area contributed by atoms with Gasteiger partial charge in [-0.3, -0.25) is 0 Å². The minimum Gasteiger partial charge on any atom is -0.496 e. The van der Waals surface area contributed by atoms with Gasteiger partial charge in [-0.05, 0) is 23.6 Å². The molecular formula is C14H20O3. The summed E-state index contributed by atoms with van der Waals surface area (Å²) < 4.78 is 10.8. The highest BCUT2D eigenvalue weighted by molar-refractivity contribution is 5.49. The van der Waals surface area contributed by atoms with Gasteiger partial charge in [0.2, 0.25) is 0 Å². The molecule has 0 aliphatic carbocycles. The zero-order valence-electron chi connectivity index (χ0n) is 10.9. The first-order valence-electron chi connectivity index (χ1n) is 5.74. The molecule has 0 aliphatic heterocycles. The third-order valence-electron chi connectivity index (χ3n) is 2.48. The highest BCUT2D eigenvalue weighted by atomic mass is 16.5. The van der Waals surface area contributed by atoms with Gasteiger partial charge in [0.25, 0.3) is 0 Å². The Hall–Kier alpha value is -1.51. The van der Waals surface area contributed by atoms with Crippen LogP contribution in [0.3, 0.4) is 0 Å². The van der Waals surface area contributed by atoms with Crippen molar-refractivity contribution in [1.29, 1.82) is 0 Å². The van der Waals surface area contributed by atoms with Crippen LogP contribution in [0.15, 0.2) is 18.2 Å². The van der Waals surface area contributed by atoms with E-state index in [1.165, 1.54) is 0 Å². The lowest BCUT2D eigenvalue weighted by Gasteiger charge is -2.22. The number of ether oxygens (including phenoxy) is 2. The Morgan fingerprint density at radius 1 is 1.29 bits per heavy atom. The first-order valence-corrected chi connectivity index (χ1v) is 5.74. The van der Waals surface area contributed by atoms with Crippen LogP contribution in [0.25, 0.3) is 0 Å².